The molecule has 0 heterocycles. The standard InChI is InChI=1S/C11H21NO2S/c1-8(2)12(5)11(14)6-10(7-13)15-9(3)4/h7-10H,6H2,1-5H3. The SMILES string of the molecule is CC(C)SC(C=O)CC(=O)N(C)C(C)C. The summed E-state index contributed by atoms with van der Waals surface area (Å²) in [4.78, 5) is 24.1. The van der Waals surface area contributed by atoms with Crippen LogP contribution in [0.15, 0.2) is 0 Å². The molecule has 88 valence electrons. The molecule has 0 aliphatic carbocycles. The highest BCUT2D eigenvalue weighted by Crippen LogP contribution is 2.19. The topological polar surface area (TPSA) is 37.4 Å². The Morgan fingerprint density at radius 2 is 1.87 bits per heavy atom. The summed E-state index contributed by atoms with van der Waals surface area (Å²) >= 11 is 1.54. The fourth-order valence-corrected chi connectivity index (χ4v) is 2.08. The first-order chi connectivity index (χ1) is 6.88. The molecule has 0 fully saturated rings. The number of thioether (sulfide) groups is 1. The molecule has 0 rings (SSSR count). The minimum atomic E-state index is -0.210. The van der Waals surface area contributed by atoms with Gasteiger partial charge < -0.3 is 9.69 Å². The summed E-state index contributed by atoms with van der Waals surface area (Å²) in [6.07, 6.45) is 1.18. The van der Waals surface area contributed by atoms with Crippen LogP contribution in [0, 0.1) is 0 Å². The molecule has 15 heavy (non-hydrogen) atoms. The number of hydrogen-bond acceptors (Lipinski definition) is 3. The van der Waals surface area contributed by atoms with Gasteiger partial charge in [0.25, 0.3) is 0 Å². The van der Waals surface area contributed by atoms with Crippen molar-refractivity contribution in [3.63, 3.8) is 0 Å². The Kier molecular flexibility index (Phi) is 6.65. The van der Waals surface area contributed by atoms with Gasteiger partial charge >= 0.3 is 0 Å². The normalized spacial score (nSPS) is 13.0. The van der Waals surface area contributed by atoms with E-state index in [4.69, 9.17) is 0 Å². The van der Waals surface area contributed by atoms with Crippen LogP contribution in [-0.2, 0) is 9.59 Å². The maximum atomic E-state index is 11.7. The van der Waals surface area contributed by atoms with Crippen LogP contribution in [0.5, 0.6) is 0 Å². The molecule has 1 atom stereocenters. The van der Waals surface area contributed by atoms with Gasteiger partial charge in [0, 0.05) is 19.5 Å². The minimum Gasteiger partial charge on any atom is -0.343 e. The van der Waals surface area contributed by atoms with Gasteiger partial charge in [-0.15, -0.1) is 11.8 Å². The Morgan fingerprint density at radius 3 is 2.20 bits per heavy atom. The van der Waals surface area contributed by atoms with E-state index in [-0.39, 0.29) is 17.2 Å². The van der Waals surface area contributed by atoms with Crippen molar-refractivity contribution in [3.05, 3.63) is 0 Å². The Morgan fingerprint density at radius 1 is 1.33 bits per heavy atom. The second kappa shape index (κ2) is 6.88. The van der Waals surface area contributed by atoms with Crippen molar-refractivity contribution in [2.45, 2.75) is 50.7 Å². The second-order valence-electron chi connectivity index (χ2n) is 4.16. The summed E-state index contributed by atoms with van der Waals surface area (Å²) in [6, 6.07) is 0.189. The molecule has 0 bridgehead atoms. The number of hydrogen-bond donors (Lipinski definition) is 0. The molecule has 0 aromatic carbocycles. The number of aldehydes is 1. The molecule has 0 radical (unpaired) electrons. The zero-order valence-corrected chi connectivity index (χ0v) is 11.0. The molecular weight excluding hydrogens is 210 g/mol. The summed E-state index contributed by atoms with van der Waals surface area (Å²) in [5.41, 5.74) is 0. The number of carbonyl (C=O) groups excluding carboxylic acids is 2. The summed E-state index contributed by atoms with van der Waals surface area (Å²) in [7, 11) is 1.77. The number of carbonyl (C=O) groups is 2. The zero-order valence-electron chi connectivity index (χ0n) is 10.2. The van der Waals surface area contributed by atoms with Crippen molar-refractivity contribution >= 4 is 24.0 Å². The first-order valence-electron chi connectivity index (χ1n) is 5.24. The molecule has 1 amide bonds. The molecule has 3 nitrogen and oxygen atoms in total. The van der Waals surface area contributed by atoms with Gasteiger partial charge in [-0.2, -0.15) is 0 Å². The van der Waals surface area contributed by atoms with Crippen molar-refractivity contribution in [1.29, 1.82) is 0 Å². The molecular formula is C11H21NO2S. The average molecular weight is 231 g/mol. The number of rotatable bonds is 6. The monoisotopic (exact) mass is 231 g/mol. The average Bonchev–Trinajstić information content (AvgIpc) is 2.14. The van der Waals surface area contributed by atoms with Crippen molar-refractivity contribution in [2.24, 2.45) is 0 Å². The lowest BCUT2D eigenvalue weighted by Gasteiger charge is -2.23. The molecule has 0 aliphatic rings. The first-order valence-corrected chi connectivity index (χ1v) is 6.19. The predicted octanol–water partition coefficient (Wildman–Crippen LogP) is 1.95. The zero-order chi connectivity index (χ0) is 12.0. The lowest BCUT2D eigenvalue weighted by molar-refractivity contribution is -0.132. The Labute approximate surface area is 96.6 Å². The fraction of sp³-hybridized carbons (Fsp3) is 0.818. The van der Waals surface area contributed by atoms with Gasteiger partial charge in [-0.3, -0.25) is 4.79 Å². The van der Waals surface area contributed by atoms with Crippen LogP contribution < -0.4 is 0 Å². The van der Waals surface area contributed by atoms with Gasteiger partial charge in [-0.25, -0.2) is 0 Å². The van der Waals surface area contributed by atoms with Gasteiger partial charge in [0.1, 0.15) is 6.29 Å². The van der Waals surface area contributed by atoms with E-state index in [9.17, 15) is 9.59 Å². The minimum absolute atomic E-state index is 0.0373. The predicted molar refractivity (Wildman–Crippen MR) is 65.1 cm³/mol. The Hall–Kier alpha value is -0.510. The van der Waals surface area contributed by atoms with Crippen molar-refractivity contribution < 1.29 is 9.59 Å². The third kappa shape index (κ3) is 5.82. The largest absolute Gasteiger partial charge is 0.343 e. The van der Waals surface area contributed by atoms with E-state index >= 15 is 0 Å². The molecule has 4 heteroatoms. The van der Waals surface area contributed by atoms with E-state index in [0.717, 1.165) is 6.29 Å². The maximum Gasteiger partial charge on any atom is 0.224 e. The Bertz CT molecular complexity index is 217. The fourth-order valence-electron chi connectivity index (χ4n) is 1.08. The van der Waals surface area contributed by atoms with Crippen molar-refractivity contribution in [3.8, 4) is 0 Å². The summed E-state index contributed by atoms with van der Waals surface area (Å²) in [6.45, 7) is 7.97. The third-order valence-corrected chi connectivity index (χ3v) is 3.31. The highest BCUT2D eigenvalue weighted by Gasteiger charge is 2.19. The van der Waals surface area contributed by atoms with Gasteiger partial charge in [-0.05, 0) is 19.1 Å². The maximum absolute atomic E-state index is 11.7. The van der Waals surface area contributed by atoms with Gasteiger partial charge in [0.2, 0.25) is 5.91 Å². The highest BCUT2D eigenvalue weighted by molar-refractivity contribution is 8.01. The summed E-state index contributed by atoms with van der Waals surface area (Å²) < 4.78 is 0. The van der Waals surface area contributed by atoms with E-state index in [0.29, 0.717) is 11.7 Å². The van der Waals surface area contributed by atoms with Crippen LogP contribution in [0.4, 0.5) is 0 Å². The number of nitrogens with zero attached hydrogens (tertiary/aromatic N) is 1. The summed E-state index contributed by atoms with van der Waals surface area (Å²) in [5.74, 6) is 0.0373. The van der Waals surface area contributed by atoms with Gasteiger partial charge in [-0.1, -0.05) is 13.8 Å². The number of amides is 1. The van der Waals surface area contributed by atoms with E-state index < -0.39 is 0 Å². The molecule has 0 N–H and O–H groups in total. The third-order valence-electron chi connectivity index (χ3n) is 2.14. The molecule has 0 aromatic rings. The van der Waals surface area contributed by atoms with E-state index in [1.165, 1.54) is 0 Å². The van der Waals surface area contributed by atoms with Gasteiger partial charge in [0.15, 0.2) is 0 Å². The quantitative estimate of drug-likeness (QED) is 0.656. The van der Waals surface area contributed by atoms with Crippen LogP contribution in [0.1, 0.15) is 34.1 Å². The van der Waals surface area contributed by atoms with Crippen molar-refractivity contribution in [1.82, 2.24) is 4.90 Å². The molecule has 0 saturated heterocycles. The molecule has 0 aliphatic heterocycles. The van der Waals surface area contributed by atoms with Gasteiger partial charge in [0.05, 0.1) is 5.25 Å². The second-order valence-corrected chi connectivity index (χ2v) is 5.98. The molecule has 0 saturated carbocycles. The molecule has 0 spiro atoms. The van der Waals surface area contributed by atoms with E-state index in [1.54, 1.807) is 23.7 Å². The first kappa shape index (κ1) is 14.5. The van der Waals surface area contributed by atoms with Crippen LogP contribution in [0.2, 0.25) is 0 Å². The smallest absolute Gasteiger partial charge is 0.224 e. The lowest BCUT2D eigenvalue weighted by Crippen LogP contribution is -2.35. The van der Waals surface area contributed by atoms with Crippen molar-refractivity contribution in [2.75, 3.05) is 7.05 Å². The summed E-state index contributed by atoms with van der Waals surface area (Å²) in [5, 5.41) is 0.163. The lowest BCUT2D eigenvalue weighted by atomic mass is 10.2. The van der Waals surface area contributed by atoms with E-state index in [2.05, 4.69) is 0 Å². The van der Waals surface area contributed by atoms with E-state index in [1.807, 2.05) is 27.7 Å². The molecule has 0 aromatic heterocycles. The Balaban J connectivity index is 4.18. The van der Waals surface area contributed by atoms with Crippen LogP contribution >= 0.6 is 11.8 Å². The molecule has 1 unspecified atom stereocenters. The van der Waals surface area contributed by atoms with Crippen LogP contribution in [0.3, 0.4) is 0 Å². The highest BCUT2D eigenvalue weighted by atomic mass is 32.2. The van der Waals surface area contributed by atoms with Crippen LogP contribution in [-0.4, -0.2) is 40.7 Å². The van der Waals surface area contributed by atoms with Crippen LogP contribution in [0.25, 0.3) is 0 Å².